The van der Waals surface area contributed by atoms with Crippen LogP contribution in [0.3, 0.4) is 0 Å². The van der Waals surface area contributed by atoms with Crippen LogP contribution in [-0.2, 0) is 13.2 Å². The Morgan fingerprint density at radius 1 is 1.03 bits per heavy atom. The van der Waals surface area contributed by atoms with Crippen molar-refractivity contribution in [2.24, 2.45) is 11.7 Å². The third kappa shape index (κ3) is 6.77. The first-order valence-electron chi connectivity index (χ1n) is 13.7. The Kier molecular flexibility index (Phi) is 8.15. The van der Waals surface area contributed by atoms with E-state index in [2.05, 4.69) is 59.2 Å². The maximum absolute atomic E-state index is 13.4. The highest BCUT2D eigenvalue weighted by Gasteiger charge is 2.23. The van der Waals surface area contributed by atoms with Crippen molar-refractivity contribution in [3.8, 4) is 11.4 Å². The average Bonchev–Trinajstić information content (AvgIpc) is 3.37. The molecule has 1 aromatic heterocycles. The molecule has 0 radical (unpaired) electrons. The smallest absolute Gasteiger partial charge is 0.255 e. The fraction of sp³-hybridized carbons (Fsp3) is 0.303. The summed E-state index contributed by atoms with van der Waals surface area (Å²) >= 11 is 0. The van der Waals surface area contributed by atoms with Crippen LogP contribution in [0, 0.1) is 19.8 Å². The lowest BCUT2D eigenvalue weighted by Crippen LogP contribution is -2.45. The Morgan fingerprint density at radius 3 is 2.59 bits per heavy atom. The summed E-state index contributed by atoms with van der Waals surface area (Å²) in [7, 11) is 0. The van der Waals surface area contributed by atoms with Crippen LogP contribution in [0.1, 0.15) is 46.0 Å². The molecule has 1 aliphatic rings. The number of anilines is 1. The molecule has 5 rings (SSSR count). The van der Waals surface area contributed by atoms with E-state index in [0.29, 0.717) is 23.8 Å². The normalized spacial score (nSPS) is 17.6. The van der Waals surface area contributed by atoms with E-state index in [1.807, 2.05) is 61.5 Å². The molecule has 0 aliphatic carbocycles. The van der Waals surface area contributed by atoms with Gasteiger partial charge >= 0.3 is 0 Å². The molecule has 2 unspecified atom stereocenters. The van der Waals surface area contributed by atoms with Crippen molar-refractivity contribution < 1.29 is 9.53 Å². The van der Waals surface area contributed by atoms with E-state index in [9.17, 15) is 4.79 Å². The second kappa shape index (κ2) is 11.9. The lowest BCUT2D eigenvalue weighted by Gasteiger charge is -2.35. The highest BCUT2D eigenvalue weighted by molar-refractivity contribution is 6.04. The van der Waals surface area contributed by atoms with E-state index >= 15 is 0 Å². The number of carbonyl (C=O) groups excluding carboxylic acids is 1. The van der Waals surface area contributed by atoms with Crippen molar-refractivity contribution in [1.82, 2.24) is 9.47 Å². The van der Waals surface area contributed by atoms with Gasteiger partial charge in [-0.05, 0) is 91.4 Å². The van der Waals surface area contributed by atoms with Crippen molar-refractivity contribution >= 4 is 11.6 Å². The number of aryl methyl sites for hydroxylation is 2. The first kappa shape index (κ1) is 26.7. The van der Waals surface area contributed by atoms with Gasteiger partial charge in [-0.25, -0.2) is 0 Å². The monoisotopic (exact) mass is 522 g/mol. The molecule has 2 atom stereocenters. The van der Waals surface area contributed by atoms with E-state index < -0.39 is 0 Å². The van der Waals surface area contributed by atoms with Crippen LogP contribution >= 0.6 is 0 Å². The average molecular weight is 523 g/mol. The van der Waals surface area contributed by atoms with Crippen LogP contribution in [0.15, 0.2) is 85.2 Å². The number of nitrogens with two attached hydrogens (primary N) is 1. The largest absolute Gasteiger partial charge is 0.489 e. The van der Waals surface area contributed by atoms with E-state index in [-0.39, 0.29) is 11.9 Å². The van der Waals surface area contributed by atoms with E-state index in [4.69, 9.17) is 10.5 Å². The van der Waals surface area contributed by atoms with Gasteiger partial charge in [0.05, 0.1) is 0 Å². The Balaban J connectivity index is 1.36. The fourth-order valence-electron chi connectivity index (χ4n) is 5.14. The number of piperidine rings is 1. The Bertz CT molecular complexity index is 1430. The van der Waals surface area contributed by atoms with Crippen molar-refractivity contribution in [3.05, 3.63) is 113 Å². The lowest BCUT2D eigenvalue weighted by atomic mass is 9.94. The minimum absolute atomic E-state index is 0.163. The zero-order valence-electron chi connectivity index (χ0n) is 23.1. The van der Waals surface area contributed by atoms with Gasteiger partial charge in [-0.1, -0.05) is 43.3 Å². The molecule has 1 saturated heterocycles. The molecule has 202 valence electrons. The number of benzene rings is 3. The maximum Gasteiger partial charge on any atom is 0.255 e. The predicted molar refractivity (Wildman–Crippen MR) is 157 cm³/mol. The number of hydrogen-bond donors (Lipinski definition) is 2. The van der Waals surface area contributed by atoms with Crippen molar-refractivity contribution in [1.29, 1.82) is 0 Å². The number of rotatable bonds is 8. The summed E-state index contributed by atoms with van der Waals surface area (Å²) in [6.45, 7) is 9.52. The third-order valence-electron chi connectivity index (χ3n) is 7.52. The van der Waals surface area contributed by atoms with Gasteiger partial charge in [-0.15, -0.1) is 0 Å². The van der Waals surface area contributed by atoms with Gasteiger partial charge in [0, 0.05) is 48.5 Å². The number of nitrogens with one attached hydrogen (secondary N) is 1. The second-order valence-electron chi connectivity index (χ2n) is 10.9. The summed E-state index contributed by atoms with van der Waals surface area (Å²) in [5.74, 6) is 1.01. The molecular weight excluding hydrogens is 484 g/mol. The third-order valence-corrected chi connectivity index (χ3v) is 7.52. The van der Waals surface area contributed by atoms with Crippen molar-refractivity contribution in [2.75, 3.05) is 18.4 Å². The number of nitrogens with zero attached hydrogens (tertiary/aromatic N) is 2. The van der Waals surface area contributed by atoms with Gasteiger partial charge < -0.3 is 20.4 Å². The van der Waals surface area contributed by atoms with E-state index in [1.54, 1.807) is 0 Å². The summed E-state index contributed by atoms with van der Waals surface area (Å²) in [6.07, 6.45) is 5.16. The van der Waals surface area contributed by atoms with Crippen LogP contribution in [0.5, 0.6) is 5.75 Å². The molecule has 0 saturated carbocycles. The molecule has 1 amide bonds. The predicted octanol–water partition coefficient (Wildman–Crippen LogP) is 6.09. The van der Waals surface area contributed by atoms with Crippen LogP contribution < -0.4 is 15.8 Å². The van der Waals surface area contributed by atoms with Gasteiger partial charge in [-0.3, -0.25) is 9.69 Å². The second-order valence-corrected chi connectivity index (χ2v) is 10.9. The summed E-state index contributed by atoms with van der Waals surface area (Å²) in [5, 5.41) is 3.14. The highest BCUT2D eigenvalue weighted by atomic mass is 16.5. The van der Waals surface area contributed by atoms with Gasteiger partial charge in [0.1, 0.15) is 12.4 Å². The number of carbonyl (C=O) groups is 1. The topological polar surface area (TPSA) is 72.5 Å². The molecule has 0 bridgehead atoms. The standard InChI is InChI=1S/C33H38N4O2/c1-23-11-14-37(19-23)30-16-27(21-36-13-12-31(34)25(3)20-36)15-29(18-30)35-33(38)28-10-9-24(2)32(17-28)39-22-26-7-5-4-6-8-26/h4-11,14-19,25,31H,12-13,20-22,34H2,1-3H3,(H,35,38). The molecule has 1 aliphatic heterocycles. The van der Waals surface area contributed by atoms with Crippen molar-refractivity contribution in [3.63, 3.8) is 0 Å². The molecule has 3 aromatic carbocycles. The quantitative estimate of drug-likeness (QED) is 0.294. The number of hydrogen-bond acceptors (Lipinski definition) is 4. The number of likely N-dealkylation sites (tertiary alicyclic amines) is 1. The molecule has 2 heterocycles. The van der Waals surface area contributed by atoms with E-state index in [0.717, 1.165) is 54.1 Å². The molecule has 1 fully saturated rings. The number of aromatic nitrogens is 1. The van der Waals surface area contributed by atoms with E-state index in [1.165, 1.54) is 5.56 Å². The SMILES string of the molecule is Cc1ccn(-c2cc(CN3CCC(N)C(C)C3)cc(NC(=O)c3ccc(C)c(OCc4ccccc4)c3)c2)c1. The van der Waals surface area contributed by atoms with Gasteiger partial charge in [0.2, 0.25) is 0 Å². The molecule has 39 heavy (non-hydrogen) atoms. The molecule has 0 spiro atoms. The molecule has 6 nitrogen and oxygen atoms in total. The summed E-state index contributed by atoms with van der Waals surface area (Å²) in [6, 6.07) is 24.3. The minimum atomic E-state index is -0.163. The zero-order chi connectivity index (χ0) is 27.4. The van der Waals surface area contributed by atoms with Crippen molar-refractivity contribution in [2.45, 2.75) is 46.4 Å². The van der Waals surface area contributed by atoms with Crippen LogP contribution in [-0.4, -0.2) is 34.5 Å². The van der Waals surface area contributed by atoms with Gasteiger partial charge in [0.15, 0.2) is 0 Å². The Labute approximate surface area is 231 Å². The number of amides is 1. The maximum atomic E-state index is 13.4. The molecule has 6 heteroatoms. The van der Waals surface area contributed by atoms with Crippen LogP contribution in [0.4, 0.5) is 5.69 Å². The first-order chi connectivity index (χ1) is 18.8. The molecular formula is C33H38N4O2. The molecule has 4 aromatic rings. The van der Waals surface area contributed by atoms with Gasteiger partial charge in [-0.2, -0.15) is 0 Å². The fourth-order valence-corrected chi connectivity index (χ4v) is 5.14. The van der Waals surface area contributed by atoms with Crippen LogP contribution in [0.25, 0.3) is 5.69 Å². The minimum Gasteiger partial charge on any atom is -0.489 e. The van der Waals surface area contributed by atoms with Gasteiger partial charge in [0.25, 0.3) is 5.91 Å². The molecule has 3 N–H and O–H groups in total. The summed E-state index contributed by atoms with van der Waals surface area (Å²) in [5.41, 5.74) is 13.0. The first-order valence-corrected chi connectivity index (χ1v) is 13.7. The summed E-state index contributed by atoms with van der Waals surface area (Å²) in [4.78, 5) is 15.8. The number of ether oxygens (including phenoxy) is 1. The Hall–Kier alpha value is -3.87. The lowest BCUT2D eigenvalue weighted by molar-refractivity contribution is 0.102. The summed E-state index contributed by atoms with van der Waals surface area (Å²) < 4.78 is 8.17. The zero-order valence-corrected chi connectivity index (χ0v) is 23.1. The highest BCUT2D eigenvalue weighted by Crippen LogP contribution is 2.25. The Morgan fingerprint density at radius 2 is 1.85 bits per heavy atom. The van der Waals surface area contributed by atoms with Crippen LogP contribution in [0.2, 0.25) is 0 Å².